The summed E-state index contributed by atoms with van der Waals surface area (Å²) in [5.74, 6) is 1.08. The van der Waals surface area contributed by atoms with E-state index in [-0.39, 0.29) is 12.5 Å². The first-order valence-corrected chi connectivity index (χ1v) is 8.92. The molecule has 6 heteroatoms. The van der Waals surface area contributed by atoms with Crippen LogP contribution in [0.5, 0.6) is 11.5 Å². The van der Waals surface area contributed by atoms with Crippen LogP contribution >= 0.6 is 0 Å². The third-order valence-corrected chi connectivity index (χ3v) is 4.81. The highest BCUT2D eigenvalue weighted by Gasteiger charge is 2.28. The van der Waals surface area contributed by atoms with Crippen LogP contribution < -0.4 is 19.7 Å². The molecule has 136 valence electrons. The van der Waals surface area contributed by atoms with Gasteiger partial charge in [-0.25, -0.2) is 0 Å². The smallest absolute Gasteiger partial charge is 0.269 e. The quantitative estimate of drug-likeness (QED) is 0.917. The topological polar surface area (TPSA) is 54.0 Å². The lowest BCUT2D eigenvalue weighted by atomic mass is 10.2. The molecule has 2 aromatic carbocycles. The van der Waals surface area contributed by atoms with Crippen molar-refractivity contribution in [1.29, 1.82) is 0 Å². The summed E-state index contributed by atoms with van der Waals surface area (Å²) in [4.78, 5) is 17.3. The molecule has 4 rings (SSSR count). The molecule has 6 nitrogen and oxygen atoms in total. The first-order chi connectivity index (χ1) is 12.7. The molecular weight excluding hydrogens is 330 g/mol. The average molecular weight is 353 g/mol. The van der Waals surface area contributed by atoms with Crippen LogP contribution in [0.15, 0.2) is 48.5 Å². The van der Waals surface area contributed by atoms with Crippen molar-refractivity contribution in [2.75, 3.05) is 50.1 Å². The van der Waals surface area contributed by atoms with Gasteiger partial charge >= 0.3 is 0 Å². The van der Waals surface area contributed by atoms with Crippen LogP contribution in [0.4, 0.5) is 11.4 Å². The van der Waals surface area contributed by atoms with Gasteiger partial charge in [-0.3, -0.25) is 4.79 Å². The maximum atomic E-state index is 12.7. The predicted octanol–water partition coefficient (Wildman–Crippen LogP) is 2.22. The van der Waals surface area contributed by atoms with Crippen LogP contribution in [0.25, 0.3) is 0 Å². The normalized spacial score (nSPS) is 19.9. The first kappa shape index (κ1) is 16.7. The Bertz CT molecular complexity index is 787. The molecule has 2 aliphatic heterocycles. The van der Waals surface area contributed by atoms with Crippen molar-refractivity contribution in [3.63, 3.8) is 0 Å². The molecule has 0 saturated carbocycles. The van der Waals surface area contributed by atoms with Gasteiger partial charge in [0.05, 0.1) is 11.4 Å². The number of amides is 1. The maximum Gasteiger partial charge on any atom is 0.269 e. The molecule has 2 aliphatic rings. The lowest BCUT2D eigenvalue weighted by Gasteiger charge is -2.35. The number of carbonyl (C=O) groups excluding carboxylic acids is 1. The molecule has 1 fully saturated rings. The average Bonchev–Trinajstić information content (AvgIpc) is 2.69. The summed E-state index contributed by atoms with van der Waals surface area (Å²) >= 11 is 0. The van der Waals surface area contributed by atoms with E-state index >= 15 is 0 Å². The fourth-order valence-corrected chi connectivity index (χ4v) is 3.26. The zero-order chi connectivity index (χ0) is 17.9. The van der Waals surface area contributed by atoms with Crippen LogP contribution in [0.1, 0.15) is 0 Å². The number of ether oxygens (including phenoxy) is 2. The number of nitrogens with one attached hydrogen (secondary N) is 1. The van der Waals surface area contributed by atoms with E-state index in [0.29, 0.717) is 11.5 Å². The minimum absolute atomic E-state index is 0.193. The van der Waals surface area contributed by atoms with Gasteiger partial charge in [0, 0.05) is 26.2 Å². The van der Waals surface area contributed by atoms with E-state index in [2.05, 4.69) is 28.2 Å². The van der Waals surface area contributed by atoms with Gasteiger partial charge in [0.25, 0.3) is 5.91 Å². The fraction of sp³-hybridized carbons (Fsp3) is 0.350. The summed E-state index contributed by atoms with van der Waals surface area (Å²) in [7, 11) is 2.13. The Hall–Kier alpha value is -2.73. The Kier molecular flexibility index (Phi) is 4.67. The highest BCUT2D eigenvalue weighted by Crippen LogP contribution is 2.32. The molecule has 26 heavy (non-hydrogen) atoms. The second-order valence-electron chi connectivity index (χ2n) is 6.66. The Labute approximate surface area is 153 Å². The highest BCUT2D eigenvalue weighted by molar-refractivity contribution is 5.97. The molecule has 1 atom stereocenters. The Morgan fingerprint density at radius 2 is 1.69 bits per heavy atom. The van der Waals surface area contributed by atoms with Crippen LogP contribution in [0, 0.1) is 0 Å². The van der Waals surface area contributed by atoms with Crippen molar-refractivity contribution in [2.45, 2.75) is 6.10 Å². The van der Waals surface area contributed by atoms with Gasteiger partial charge in [-0.15, -0.1) is 0 Å². The van der Waals surface area contributed by atoms with E-state index < -0.39 is 6.10 Å². The Morgan fingerprint density at radius 1 is 1.00 bits per heavy atom. The van der Waals surface area contributed by atoms with Gasteiger partial charge in [-0.05, 0) is 31.3 Å². The zero-order valence-corrected chi connectivity index (χ0v) is 14.9. The molecule has 2 heterocycles. The van der Waals surface area contributed by atoms with Crippen LogP contribution in [0.2, 0.25) is 0 Å². The number of hydrogen-bond acceptors (Lipinski definition) is 5. The second-order valence-corrected chi connectivity index (χ2v) is 6.66. The van der Waals surface area contributed by atoms with Crippen LogP contribution in [0.3, 0.4) is 0 Å². The largest absolute Gasteiger partial charge is 0.485 e. The molecule has 1 N–H and O–H groups in total. The standard InChI is InChI=1S/C20H23N3O3/c1-22-10-12-23(13-11-22)16-7-3-2-6-15(16)21-20(24)19-14-25-17-8-4-5-9-18(17)26-19/h2-9,19H,10-14H2,1H3,(H,21,24). The van der Waals surface area contributed by atoms with E-state index in [4.69, 9.17) is 9.47 Å². The minimum Gasteiger partial charge on any atom is -0.485 e. The van der Waals surface area contributed by atoms with Crippen LogP contribution in [-0.2, 0) is 4.79 Å². The van der Waals surface area contributed by atoms with Crippen molar-refractivity contribution in [1.82, 2.24) is 4.90 Å². The van der Waals surface area contributed by atoms with E-state index in [1.54, 1.807) is 0 Å². The SMILES string of the molecule is CN1CCN(c2ccccc2NC(=O)C2COc3ccccc3O2)CC1. The number of hydrogen-bond donors (Lipinski definition) is 1. The minimum atomic E-state index is -0.662. The van der Waals surface area contributed by atoms with Crippen molar-refractivity contribution in [2.24, 2.45) is 0 Å². The lowest BCUT2D eigenvalue weighted by Crippen LogP contribution is -2.45. The molecule has 2 aromatic rings. The Morgan fingerprint density at radius 3 is 2.50 bits per heavy atom. The molecular formula is C20H23N3O3. The summed E-state index contributed by atoms with van der Waals surface area (Å²) in [6, 6.07) is 15.3. The molecule has 0 radical (unpaired) electrons. The number of anilines is 2. The highest BCUT2D eigenvalue weighted by atomic mass is 16.6. The van der Waals surface area contributed by atoms with Gasteiger partial charge in [0.2, 0.25) is 6.10 Å². The molecule has 0 spiro atoms. The number of fused-ring (bicyclic) bond motifs is 1. The van der Waals surface area contributed by atoms with Gasteiger partial charge in [-0.2, -0.15) is 0 Å². The van der Waals surface area contributed by atoms with Crippen LogP contribution in [-0.4, -0.2) is 56.7 Å². The summed E-state index contributed by atoms with van der Waals surface area (Å²) in [6.07, 6.45) is -0.662. The number of likely N-dealkylation sites (N-methyl/N-ethyl adjacent to an activating group) is 1. The Balaban J connectivity index is 1.47. The second kappa shape index (κ2) is 7.25. The third kappa shape index (κ3) is 3.46. The van der Waals surface area contributed by atoms with E-state index in [0.717, 1.165) is 37.6 Å². The lowest BCUT2D eigenvalue weighted by molar-refractivity contribution is -0.125. The summed E-state index contributed by atoms with van der Waals surface area (Å²) in [5.41, 5.74) is 1.86. The number of para-hydroxylation sites is 4. The summed E-state index contributed by atoms with van der Waals surface area (Å²) < 4.78 is 11.5. The molecule has 0 aromatic heterocycles. The predicted molar refractivity (Wildman–Crippen MR) is 101 cm³/mol. The molecule has 1 amide bonds. The maximum absolute atomic E-state index is 12.7. The van der Waals surface area contributed by atoms with Crippen molar-refractivity contribution < 1.29 is 14.3 Å². The van der Waals surface area contributed by atoms with Gasteiger partial charge in [0.15, 0.2) is 11.5 Å². The zero-order valence-electron chi connectivity index (χ0n) is 14.9. The molecule has 1 unspecified atom stereocenters. The van der Waals surface area contributed by atoms with Crippen molar-refractivity contribution in [3.05, 3.63) is 48.5 Å². The van der Waals surface area contributed by atoms with E-state index in [1.807, 2.05) is 42.5 Å². The molecule has 0 aliphatic carbocycles. The number of nitrogens with zero attached hydrogens (tertiary/aromatic N) is 2. The third-order valence-electron chi connectivity index (χ3n) is 4.81. The van der Waals surface area contributed by atoms with Gasteiger partial charge in [0.1, 0.15) is 6.61 Å². The van der Waals surface area contributed by atoms with Crippen molar-refractivity contribution in [3.8, 4) is 11.5 Å². The van der Waals surface area contributed by atoms with Crippen molar-refractivity contribution >= 4 is 17.3 Å². The van der Waals surface area contributed by atoms with E-state index in [9.17, 15) is 4.79 Å². The molecule has 0 bridgehead atoms. The number of piperazine rings is 1. The number of benzene rings is 2. The van der Waals surface area contributed by atoms with Gasteiger partial charge < -0.3 is 24.6 Å². The number of rotatable bonds is 3. The first-order valence-electron chi connectivity index (χ1n) is 8.92. The molecule has 1 saturated heterocycles. The van der Waals surface area contributed by atoms with E-state index in [1.165, 1.54) is 0 Å². The summed E-state index contributed by atoms with van der Waals surface area (Å²) in [5, 5.41) is 3.02. The number of carbonyl (C=O) groups is 1. The fourth-order valence-electron chi connectivity index (χ4n) is 3.26. The monoisotopic (exact) mass is 353 g/mol. The van der Waals surface area contributed by atoms with Gasteiger partial charge in [-0.1, -0.05) is 24.3 Å². The summed E-state index contributed by atoms with van der Waals surface area (Å²) in [6.45, 7) is 4.12.